The Morgan fingerprint density at radius 2 is 1.20 bits per heavy atom. The SMILES string of the molecule is CC(C)C1=Cc2c(-c3cccc4ccccc34)cccc2C1c1cccc2c1[cH-]c1ccccc12.C[Si]C.[Cl-].[Cl-].[Zr+3]. The van der Waals surface area contributed by atoms with Gasteiger partial charge in [-0.25, -0.2) is 0 Å². The Balaban J connectivity index is 0.000000740. The Hall–Kier alpha value is -2.35. The molecule has 0 spiro atoms. The molecule has 0 aliphatic heterocycles. The smallest absolute Gasteiger partial charge is 1.00 e. The van der Waals surface area contributed by atoms with Crippen LogP contribution in [0.3, 0.4) is 0 Å². The Kier molecular flexibility index (Phi) is 11.5. The van der Waals surface area contributed by atoms with E-state index >= 15 is 0 Å². The molecule has 0 bridgehead atoms. The fraction of sp³-hybridized carbons (Fsp3) is 0.162. The van der Waals surface area contributed by atoms with Crippen LogP contribution < -0.4 is 24.8 Å². The van der Waals surface area contributed by atoms with Gasteiger partial charge in [-0.3, -0.25) is 0 Å². The predicted molar refractivity (Wildman–Crippen MR) is 169 cm³/mol. The largest absolute Gasteiger partial charge is 3.00 e. The second-order valence-electron chi connectivity index (χ2n) is 10.6. The van der Waals surface area contributed by atoms with Crippen LogP contribution in [0.25, 0.3) is 49.5 Å². The third-order valence-electron chi connectivity index (χ3n) is 7.84. The molecule has 1 atom stereocenters. The maximum atomic E-state index is 2.49. The summed E-state index contributed by atoms with van der Waals surface area (Å²) < 4.78 is 0. The van der Waals surface area contributed by atoms with Gasteiger partial charge in [0.25, 0.3) is 0 Å². The fourth-order valence-corrected chi connectivity index (χ4v) is 6.22. The number of halogens is 2. The van der Waals surface area contributed by atoms with Gasteiger partial charge in [0.15, 0.2) is 0 Å². The number of allylic oxidation sites excluding steroid dienone is 1. The first kappa shape index (κ1) is 33.2. The average Bonchev–Trinajstić information content (AvgIpc) is 3.52. The van der Waals surface area contributed by atoms with Gasteiger partial charge < -0.3 is 24.8 Å². The van der Waals surface area contributed by atoms with Gasteiger partial charge in [-0.1, -0.05) is 141 Å². The van der Waals surface area contributed by atoms with E-state index in [2.05, 4.69) is 142 Å². The zero-order chi connectivity index (χ0) is 26.2. The summed E-state index contributed by atoms with van der Waals surface area (Å²) in [5, 5.41) is 8.03. The summed E-state index contributed by atoms with van der Waals surface area (Å²) in [6, 6.07) is 40.3. The summed E-state index contributed by atoms with van der Waals surface area (Å²) in [4.78, 5) is 0. The van der Waals surface area contributed by atoms with E-state index in [4.69, 9.17) is 0 Å². The Morgan fingerprint density at radius 1 is 0.634 bits per heavy atom. The molecule has 6 aromatic carbocycles. The van der Waals surface area contributed by atoms with E-state index < -0.39 is 0 Å². The molecule has 1 unspecified atom stereocenters. The van der Waals surface area contributed by atoms with E-state index in [0.717, 1.165) is 9.52 Å². The molecular weight excluding hydrogens is 635 g/mol. The number of hydrogen-bond donors (Lipinski definition) is 0. The molecule has 0 saturated carbocycles. The van der Waals surface area contributed by atoms with Gasteiger partial charge in [-0.15, -0.1) is 33.7 Å². The molecule has 6 aromatic rings. The first-order valence-electron chi connectivity index (χ1n) is 13.6. The molecule has 0 aromatic heterocycles. The van der Waals surface area contributed by atoms with Crippen molar-refractivity contribution >= 4 is 47.9 Å². The zero-order valence-corrected chi connectivity index (χ0v) is 28.9. The molecule has 0 heterocycles. The van der Waals surface area contributed by atoms with E-state index in [0.29, 0.717) is 5.92 Å². The van der Waals surface area contributed by atoms with E-state index in [9.17, 15) is 0 Å². The third kappa shape index (κ3) is 5.95. The molecule has 0 amide bonds. The van der Waals surface area contributed by atoms with Crippen molar-refractivity contribution in [3.63, 3.8) is 0 Å². The first-order chi connectivity index (χ1) is 18.6. The van der Waals surface area contributed by atoms with Gasteiger partial charge in [0.05, 0.1) is 0 Å². The number of fused-ring (bicyclic) bond motifs is 5. The molecule has 4 heteroatoms. The molecule has 3 radical (unpaired) electrons. The van der Waals surface area contributed by atoms with Crippen molar-refractivity contribution in [2.24, 2.45) is 5.92 Å². The van der Waals surface area contributed by atoms with Crippen LogP contribution in [-0.2, 0) is 26.2 Å². The minimum Gasteiger partial charge on any atom is -1.00 e. The van der Waals surface area contributed by atoms with Gasteiger partial charge in [0, 0.05) is 15.4 Å². The van der Waals surface area contributed by atoms with Crippen LogP contribution in [0.4, 0.5) is 0 Å². The van der Waals surface area contributed by atoms with Crippen LogP contribution >= 0.6 is 0 Å². The molecular formula is C37H33Cl2SiZr. The van der Waals surface area contributed by atoms with Crippen molar-refractivity contribution in [2.75, 3.05) is 0 Å². The predicted octanol–water partition coefficient (Wildman–Crippen LogP) is 4.51. The van der Waals surface area contributed by atoms with E-state index in [1.165, 1.54) is 65.7 Å². The molecule has 0 nitrogen and oxygen atoms in total. The minimum absolute atomic E-state index is 0. The summed E-state index contributed by atoms with van der Waals surface area (Å²) in [7, 11) is 1.08. The number of hydrogen-bond acceptors (Lipinski definition) is 0. The van der Waals surface area contributed by atoms with Gasteiger partial charge in [0.1, 0.15) is 0 Å². The van der Waals surface area contributed by atoms with Crippen LogP contribution in [0.2, 0.25) is 13.1 Å². The van der Waals surface area contributed by atoms with Crippen molar-refractivity contribution in [1.29, 1.82) is 0 Å². The average molecular weight is 668 g/mol. The molecule has 7 rings (SSSR count). The van der Waals surface area contributed by atoms with Crippen LogP contribution in [0, 0.1) is 5.92 Å². The standard InChI is InChI=1S/C35H27.C2H6Si.2ClH.Zr/c1-22(2)32-21-34-29(27-15-7-12-23-10-3-5-13-25(23)27)17-9-19-31(34)35(32)30-18-8-16-28-26-14-6-4-11-24(26)20-33(28)30;1-3-2;;;/h3-22,35H,1-2H3;1-2H3;2*1H;/q-1;;;;+3/p-2. The second-order valence-corrected chi connectivity index (χ2v) is 11.6. The molecule has 1 aliphatic rings. The van der Waals surface area contributed by atoms with Crippen LogP contribution in [-0.4, -0.2) is 9.52 Å². The Labute approximate surface area is 278 Å². The second kappa shape index (κ2) is 14.2. The molecule has 203 valence electrons. The van der Waals surface area contributed by atoms with Crippen molar-refractivity contribution < 1.29 is 51.0 Å². The van der Waals surface area contributed by atoms with Gasteiger partial charge in [0.2, 0.25) is 0 Å². The van der Waals surface area contributed by atoms with E-state index in [1.807, 2.05) is 0 Å². The monoisotopic (exact) mass is 665 g/mol. The minimum atomic E-state index is 0. The summed E-state index contributed by atoms with van der Waals surface area (Å²) in [5.74, 6) is 0.743. The maximum Gasteiger partial charge on any atom is 3.00 e. The van der Waals surface area contributed by atoms with Crippen LogP contribution in [0.5, 0.6) is 0 Å². The Morgan fingerprint density at radius 3 is 1.95 bits per heavy atom. The van der Waals surface area contributed by atoms with E-state index in [-0.39, 0.29) is 56.9 Å². The van der Waals surface area contributed by atoms with Crippen LogP contribution in [0.1, 0.15) is 36.5 Å². The van der Waals surface area contributed by atoms with Crippen molar-refractivity contribution in [3.05, 3.63) is 131 Å². The van der Waals surface area contributed by atoms with Gasteiger partial charge >= 0.3 is 26.2 Å². The quantitative estimate of drug-likeness (QED) is 0.193. The fourth-order valence-electron chi connectivity index (χ4n) is 6.22. The van der Waals surface area contributed by atoms with Gasteiger partial charge in [-0.05, 0) is 38.9 Å². The van der Waals surface area contributed by atoms with Gasteiger partial charge in [-0.2, -0.15) is 0 Å². The zero-order valence-electron chi connectivity index (χ0n) is 23.9. The molecule has 1 aliphatic carbocycles. The topological polar surface area (TPSA) is 0 Å². The summed E-state index contributed by atoms with van der Waals surface area (Å²) >= 11 is 0. The van der Waals surface area contributed by atoms with Crippen molar-refractivity contribution in [1.82, 2.24) is 0 Å². The van der Waals surface area contributed by atoms with Crippen molar-refractivity contribution in [2.45, 2.75) is 32.9 Å². The van der Waals surface area contributed by atoms with Crippen molar-refractivity contribution in [3.8, 4) is 11.1 Å². The summed E-state index contributed by atoms with van der Waals surface area (Å²) in [6.45, 7) is 8.98. The van der Waals surface area contributed by atoms with Crippen LogP contribution in [0.15, 0.2) is 115 Å². The summed E-state index contributed by atoms with van der Waals surface area (Å²) in [5.41, 5.74) is 8.39. The first-order valence-corrected chi connectivity index (χ1v) is 15.6. The normalized spacial score (nSPS) is 13.5. The number of benzene rings is 5. The molecule has 0 N–H and O–H groups in total. The molecule has 41 heavy (non-hydrogen) atoms. The molecule has 0 fully saturated rings. The third-order valence-corrected chi connectivity index (χ3v) is 7.84. The Bertz CT molecular complexity index is 1810. The number of rotatable bonds is 3. The molecule has 0 saturated heterocycles. The maximum absolute atomic E-state index is 2.49. The van der Waals surface area contributed by atoms with E-state index in [1.54, 1.807) is 0 Å². The summed E-state index contributed by atoms with van der Waals surface area (Å²) in [6.07, 6.45) is 2.49.